The second-order valence-electron chi connectivity index (χ2n) is 6.89. The Morgan fingerprint density at radius 1 is 1.07 bits per heavy atom. The minimum absolute atomic E-state index is 0.124. The Balaban J connectivity index is 1.61. The SMILES string of the molecule is CC(C)[C@H](NC(=O)COC(=O)c1ccc(N)cc1)c1ccc2c(c1)OCCO2. The fraction of sp³-hybridized carbons (Fsp3) is 0.333. The molecule has 1 amide bonds. The molecule has 0 radical (unpaired) electrons. The first-order valence-electron chi connectivity index (χ1n) is 9.15. The zero-order valence-electron chi connectivity index (χ0n) is 15.9. The van der Waals surface area contributed by atoms with Gasteiger partial charge >= 0.3 is 5.97 Å². The number of nitrogen functional groups attached to an aromatic ring is 1. The highest BCUT2D eigenvalue weighted by Gasteiger charge is 2.22. The average molecular weight is 384 g/mol. The van der Waals surface area contributed by atoms with E-state index < -0.39 is 5.97 Å². The summed E-state index contributed by atoms with van der Waals surface area (Å²) in [6, 6.07) is 11.7. The van der Waals surface area contributed by atoms with Crippen LogP contribution in [0.3, 0.4) is 0 Å². The number of ether oxygens (including phenoxy) is 3. The molecule has 0 saturated carbocycles. The maximum atomic E-state index is 12.3. The van der Waals surface area contributed by atoms with Gasteiger partial charge in [-0.1, -0.05) is 19.9 Å². The fourth-order valence-electron chi connectivity index (χ4n) is 2.94. The van der Waals surface area contributed by atoms with Crippen LogP contribution >= 0.6 is 0 Å². The molecular formula is C21H24N2O5. The van der Waals surface area contributed by atoms with Gasteiger partial charge in [-0.15, -0.1) is 0 Å². The van der Waals surface area contributed by atoms with Gasteiger partial charge in [-0.3, -0.25) is 4.79 Å². The lowest BCUT2D eigenvalue weighted by molar-refractivity contribution is -0.125. The summed E-state index contributed by atoms with van der Waals surface area (Å²) in [4.78, 5) is 24.4. The van der Waals surface area contributed by atoms with Crippen molar-refractivity contribution in [3.05, 3.63) is 53.6 Å². The van der Waals surface area contributed by atoms with E-state index in [2.05, 4.69) is 5.32 Å². The molecule has 0 aromatic heterocycles. The van der Waals surface area contributed by atoms with Crippen molar-refractivity contribution in [2.75, 3.05) is 25.6 Å². The highest BCUT2D eigenvalue weighted by molar-refractivity contribution is 5.91. The Kier molecular flexibility index (Phi) is 6.03. The second-order valence-corrected chi connectivity index (χ2v) is 6.89. The standard InChI is InChI=1S/C21H24N2O5/c1-13(2)20(15-5-8-17-18(11-15)27-10-9-26-17)23-19(24)12-28-21(25)14-3-6-16(22)7-4-14/h3-8,11,13,20H,9-10,12,22H2,1-2H3,(H,23,24)/t20-/m0/s1. The van der Waals surface area contributed by atoms with Gasteiger partial charge in [-0.05, 0) is 47.9 Å². The summed E-state index contributed by atoms with van der Waals surface area (Å²) < 4.78 is 16.3. The lowest BCUT2D eigenvalue weighted by Crippen LogP contribution is -2.35. The van der Waals surface area contributed by atoms with E-state index in [1.165, 1.54) is 0 Å². The highest BCUT2D eigenvalue weighted by Crippen LogP contribution is 2.34. The van der Waals surface area contributed by atoms with E-state index in [9.17, 15) is 9.59 Å². The second kappa shape index (κ2) is 8.65. The zero-order valence-corrected chi connectivity index (χ0v) is 15.9. The molecule has 148 valence electrons. The van der Waals surface area contributed by atoms with Gasteiger partial charge in [-0.25, -0.2) is 4.79 Å². The molecule has 28 heavy (non-hydrogen) atoms. The van der Waals surface area contributed by atoms with E-state index in [0.717, 1.165) is 5.56 Å². The Morgan fingerprint density at radius 2 is 1.75 bits per heavy atom. The summed E-state index contributed by atoms with van der Waals surface area (Å²) in [6.45, 7) is 4.66. The van der Waals surface area contributed by atoms with Crippen molar-refractivity contribution < 1.29 is 23.8 Å². The molecule has 7 nitrogen and oxygen atoms in total. The number of esters is 1. The predicted molar refractivity (Wildman–Crippen MR) is 104 cm³/mol. The largest absolute Gasteiger partial charge is 0.486 e. The number of anilines is 1. The summed E-state index contributed by atoms with van der Waals surface area (Å²) in [6.07, 6.45) is 0. The molecule has 0 fully saturated rings. The van der Waals surface area contributed by atoms with Crippen LogP contribution in [0.25, 0.3) is 0 Å². The minimum Gasteiger partial charge on any atom is -0.486 e. The Hall–Kier alpha value is -3.22. The number of hydrogen-bond donors (Lipinski definition) is 2. The van der Waals surface area contributed by atoms with E-state index in [4.69, 9.17) is 19.9 Å². The highest BCUT2D eigenvalue weighted by atomic mass is 16.6. The molecule has 1 aliphatic heterocycles. The third kappa shape index (κ3) is 4.73. The van der Waals surface area contributed by atoms with Crippen molar-refractivity contribution >= 4 is 17.6 Å². The third-order valence-corrected chi connectivity index (χ3v) is 4.39. The number of rotatable bonds is 6. The van der Waals surface area contributed by atoms with Gasteiger partial charge in [-0.2, -0.15) is 0 Å². The van der Waals surface area contributed by atoms with E-state index in [-0.39, 0.29) is 24.5 Å². The number of hydrogen-bond acceptors (Lipinski definition) is 6. The van der Waals surface area contributed by atoms with Gasteiger partial charge in [0.2, 0.25) is 0 Å². The van der Waals surface area contributed by atoms with Crippen LogP contribution in [0.15, 0.2) is 42.5 Å². The van der Waals surface area contributed by atoms with E-state index in [0.29, 0.717) is 36.0 Å². The molecule has 7 heteroatoms. The summed E-state index contributed by atoms with van der Waals surface area (Å²) in [5, 5.41) is 2.92. The summed E-state index contributed by atoms with van der Waals surface area (Å²) in [7, 11) is 0. The first kappa shape index (κ1) is 19.5. The maximum Gasteiger partial charge on any atom is 0.338 e. The fourth-order valence-corrected chi connectivity index (χ4v) is 2.94. The Labute approximate surface area is 163 Å². The van der Waals surface area contributed by atoms with E-state index >= 15 is 0 Å². The van der Waals surface area contributed by atoms with Crippen LogP contribution < -0.4 is 20.5 Å². The summed E-state index contributed by atoms with van der Waals surface area (Å²) in [5.74, 6) is 0.534. The van der Waals surface area contributed by atoms with Gasteiger partial charge in [0, 0.05) is 5.69 Å². The minimum atomic E-state index is -0.574. The van der Waals surface area contributed by atoms with E-state index in [1.807, 2.05) is 32.0 Å². The van der Waals surface area contributed by atoms with Gasteiger partial charge in [0.25, 0.3) is 5.91 Å². The lowest BCUT2D eigenvalue weighted by atomic mass is 9.95. The van der Waals surface area contributed by atoms with Gasteiger partial charge in [0.1, 0.15) is 13.2 Å². The number of benzene rings is 2. The number of fused-ring (bicyclic) bond motifs is 1. The Morgan fingerprint density at radius 3 is 2.43 bits per heavy atom. The maximum absolute atomic E-state index is 12.3. The summed E-state index contributed by atoms with van der Waals surface area (Å²) in [5.41, 5.74) is 7.39. The molecule has 3 N–H and O–H groups in total. The molecule has 2 aromatic rings. The number of amides is 1. The molecule has 0 bridgehead atoms. The molecule has 0 spiro atoms. The van der Waals surface area contributed by atoms with Crippen molar-refractivity contribution in [3.8, 4) is 11.5 Å². The molecular weight excluding hydrogens is 360 g/mol. The van der Waals surface area contributed by atoms with Crippen molar-refractivity contribution in [1.82, 2.24) is 5.32 Å². The van der Waals surface area contributed by atoms with Crippen molar-refractivity contribution in [2.24, 2.45) is 5.92 Å². The molecule has 1 heterocycles. The monoisotopic (exact) mass is 384 g/mol. The molecule has 3 rings (SSSR count). The first-order chi connectivity index (χ1) is 13.4. The number of nitrogens with one attached hydrogen (secondary N) is 1. The van der Waals surface area contributed by atoms with Crippen molar-refractivity contribution in [2.45, 2.75) is 19.9 Å². The number of nitrogens with two attached hydrogens (primary N) is 1. The van der Waals surface area contributed by atoms with Crippen LogP contribution in [0.2, 0.25) is 0 Å². The van der Waals surface area contributed by atoms with Crippen molar-refractivity contribution in [3.63, 3.8) is 0 Å². The lowest BCUT2D eigenvalue weighted by Gasteiger charge is -2.25. The number of carbonyl (C=O) groups is 2. The Bertz CT molecular complexity index is 848. The zero-order chi connectivity index (χ0) is 20.1. The van der Waals surface area contributed by atoms with Crippen molar-refractivity contribution in [1.29, 1.82) is 0 Å². The van der Waals surface area contributed by atoms with Crippen LogP contribution in [0.4, 0.5) is 5.69 Å². The smallest absolute Gasteiger partial charge is 0.338 e. The molecule has 0 saturated heterocycles. The van der Waals surface area contributed by atoms with Crippen LogP contribution in [-0.4, -0.2) is 31.7 Å². The van der Waals surface area contributed by atoms with E-state index in [1.54, 1.807) is 24.3 Å². The molecule has 0 aliphatic carbocycles. The normalized spacial score (nSPS) is 13.7. The quantitative estimate of drug-likeness (QED) is 0.587. The average Bonchev–Trinajstić information content (AvgIpc) is 2.70. The number of carbonyl (C=O) groups excluding carboxylic acids is 2. The van der Waals surface area contributed by atoms with Gasteiger partial charge in [0.15, 0.2) is 18.1 Å². The predicted octanol–water partition coefficient (Wildman–Crippen LogP) is 2.71. The molecule has 1 aliphatic rings. The van der Waals surface area contributed by atoms with Crippen LogP contribution in [0, 0.1) is 5.92 Å². The van der Waals surface area contributed by atoms with Gasteiger partial charge < -0.3 is 25.3 Å². The first-order valence-corrected chi connectivity index (χ1v) is 9.15. The summed E-state index contributed by atoms with van der Waals surface area (Å²) >= 11 is 0. The molecule has 0 unspecified atom stereocenters. The van der Waals surface area contributed by atoms with Crippen LogP contribution in [0.1, 0.15) is 35.8 Å². The topological polar surface area (TPSA) is 99.9 Å². The van der Waals surface area contributed by atoms with Crippen LogP contribution in [-0.2, 0) is 9.53 Å². The molecule has 2 aromatic carbocycles. The third-order valence-electron chi connectivity index (χ3n) is 4.39. The van der Waals surface area contributed by atoms with Crippen LogP contribution in [0.5, 0.6) is 11.5 Å². The van der Waals surface area contributed by atoms with Gasteiger partial charge in [0.05, 0.1) is 11.6 Å². The molecule has 1 atom stereocenters.